The number of imidazole rings is 1. The van der Waals surface area contributed by atoms with Gasteiger partial charge in [0.05, 0.1) is 11.0 Å². The third kappa shape index (κ3) is 2.94. The molecule has 0 radical (unpaired) electrons. The molecule has 0 bridgehead atoms. The summed E-state index contributed by atoms with van der Waals surface area (Å²) < 4.78 is 0. The monoisotopic (exact) mass is 283 g/mol. The van der Waals surface area contributed by atoms with Crippen molar-refractivity contribution in [2.45, 2.75) is 44.6 Å². The van der Waals surface area contributed by atoms with Crippen LogP contribution in [-0.2, 0) is 11.2 Å². The van der Waals surface area contributed by atoms with Crippen molar-refractivity contribution >= 4 is 16.9 Å². The lowest BCUT2D eigenvalue weighted by Crippen LogP contribution is -2.38. The molecule has 2 N–H and O–H groups in total. The van der Waals surface area contributed by atoms with Crippen LogP contribution in [0, 0.1) is 11.8 Å². The average molecular weight is 283 g/mol. The van der Waals surface area contributed by atoms with Crippen LogP contribution in [0.25, 0.3) is 11.0 Å². The number of amides is 1. The highest BCUT2D eigenvalue weighted by Crippen LogP contribution is 2.44. The van der Waals surface area contributed by atoms with Gasteiger partial charge in [-0.1, -0.05) is 12.1 Å². The second kappa shape index (κ2) is 5.17. The van der Waals surface area contributed by atoms with Crippen molar-refractivity contribution in [3.8, 4) is 0 Å². The minimum Gasteiger partial charge on any atom is -0.353 e. The quantitative estimate of drug-likeness (QED) is 0.856. The minimum absolute atomic E-state index is 0.180. The minimum atomic E-state index is 0.180. The van der Waals surface area contributed by atoms with E-state index in [2.05, 4.69) is 15.3 Å². The van der Waals surface area contributed by atoms with Gasteiger partial charge in [0, 0.05) is 18.9 Å². The predicted molar refractivity (Wildman–Crippen MR) is 81.8 cm³/mol. The molecule has 0 spiro atoms. The van der Waals surface area contributed by atoms with E-state index in [1.54, 1.807) is 0 Å². The summed E-state index contributed by atoms with van der Waals surface area (Å²) >= 11 is 0. The summed E-state index contributed by atoms with van der Waals surface area (Å²) in [6.45, 7) is 0. The first-order valence-electron chi connectivity index (χ1n) is 8.02. The second-order valence-electron chi connectivity index (χ2n) is 6.47. The van der Waals surface area contributed by atoms with Gasteiger partial charge in [0.2, 0.25) is 5.91 Å². The predicted octanol–water partition coefficient (Wildman–Crippen LogP) is 2.80. The standard InChI is InChI=1S/C17H21N3O/c21-16(20-17(11-5-6-11)12-7-8-12)10-9-15-18-13-3-1-2-4-14(13)19-15/h1-4,11-12,17H,5-10H2,(H,18,19)(H,20,21). The fourth-order valence-corrected chi connectivity index (χ4v) is 3.15. The summed E-state index contributed by atoms with van der Waals surface area (Å²) in [4.78, 5) is 20.0. The first-order chi connectivity index (χ1) is 10.3. The Labute approximate surface area is 124 Å². The molecule has 0 aliphatic heterocycles. The molecule has 0 unspecified atom stereocenters. The number of para-hydroxylation sites is 2. The van der Waals surface area contributed by atoms with Crippen LogP contribution in [-0.4, -0.2) is 21.9 Å². The number of hydrogen-bond acceptors (Lipinski definition) is 2. The molecule has 2 aliphatic carbocycles. The van der Waals surface area contributed by atoms with E-state index < -0.39 is 0 Å². The number of nitrogens with one attached hydrogen (secondary N) is 2. The highest BCUT2D eigenvalue weighted by atomic mass is 16.1. The molecule has 2 saturated carbocycles. The van der Waals surface area contributed by atoms with Crippen LogP contribution < -0.4 is 5.32 Å². The second-order valence-corrected chi connectivity index (χ2v) is 6.47. The average Bonchev–Trinajstić information content (AvgIpc) is 3.39. The van der Waals surface area contributed by atoms with Crippen LogP contribution in [0.4, 0.5) is 0 Å². The first-order valence-corrected chi connectivity index (χ1v) is 8.02. The van der Waals surface area contributed by atoms with Crippen LogP contribution in [0.5, 0.6) is 0 Å². The van der Waals surface area contributed by atoms with E-state index in [1.807, 2.05) is 24.3 Å². The van der Waals surface area contributed by atoms with Gasteiger partial charge in [-0.15, -0.1) is 0 Å². The maximum Gasteiger partial charge on any atom is 0.220 e. The van der Waals surface area contributed by atoms with Gasteiger partial charge in [-0.25, -0.2) is 4.98 Å². The van der Waals surface area contributed by atoms with Crippen LogP contribution in [0.15, 0.2) is 24.3 Å². The van der Waals surface area contributed by atoms with Crippen molar-refractivity contribution in [1.29, 1.82) is 0 Å². The highest BCUT2D eigenvalue weighted by Gasteiger charge is 2.42. The molecule has 4 heteroatoms. The summed E-state index contributed by atoms with van der Waals surface area (Å²) in [5, 5.41) is 3.26. The number of aryl methyl sites for hydroxylation is 1. The van der Waals surface area contributed by atoms with Gasteiger partial charge >= 0.3 is 0 Å². The molecule has 1 heterocycles. The maximum atomic E-state index is 12.2. The van der Waals surface area contributed by atoms with Crippen LogP contribution in [0.2, 0.25) is 0 Å². The SMILES string of the molecule is O=C(CCc1nc2ccccc2[nH]1)NC(C1CC1)C1CC1. The molecule has 1 aromatic heterocycles. The summed E-state index contributed by atoms with van der Waals surface area (Å²) in [6, 6.07) is 8.43. The Morgan fingerprint density at radius 1 is 1.24 bits per heavy atom. The molecule has 1 amide bonds. The zero-order chi connectivity index (χ0) is 14.2. The lowest BCUT2D eigenvalue weighted by molar-refractivity contribution is -0.122. The third-order valence-electron chi connectivity index (χ3n) is 4.61. The molecular weight excluding hydrogens is 262 g/mol. The van der Waals surface area contributed by atoms with E-state index >= 15 is 0 Å². The lowest BCUT2D eigenvalue weighted by Gasteiger charge is -2.17. The summed E-state index contributed by atoms with van der Waals surface area (Å²) in [6.07, 6.45) is 6.39. The number of H-pyrrole nitrogens is 1. The van der Waals surface area contributed by atoms with Crippen molar-refractivity contribution in [3.05, 3.63) is 30.1 Å². The van der Waals surface area contributed by atoms with E-state index in [-0.39, 0.29) is 5.91 Å². The molecular formula is C17H21N3O. The first kappa shape index (κ1) is 12.9. The van der Waals surface area contributed by atoms with Crippen molar-refractivity contribution < 1.29 is 4.79 Å². The molecule has 1 aromatic carbocycles. The number of carbonyl (C=O) groups excluding carboxylic acids is 1. The van der Waals surface area contributed by atoms with Gasteiger partial charge < -0.3 is 10.3 Å². The molecule has 110 valence electrons. The smallest absolute Gasteiger partial charge is 0.220 e. The Balaban J connectivity index is 1.34. The molecule has 4 nitrogen and oxygen atoms in total. The van der Waals surface area contributed by atoms with E-state index in [0.29, 0.717) is 18.9 Å². The van der Waals surface area contributed by atoms with Crippen LogP contribution in [0.3, 0.4) is 0 Å². The van der Waals surface area contributed by atoms with Crippen molar-refractivity contribution in [2.75, 3.05) is 0 Å². The number of hydrogen-bond donors (Lipinski definition) is 2. The fraction of sp³-hybridized carbons (Fsp3) is 0.529. The molecule has 2 fully saturated rings. The van der Waals surface area contributed by atoms with Gasteiger partial charge in [-0.05, 0) is 49.7 Å². The summed E-state index contributed by atoms with van der Waals surface area (Å²) in [5.74, 6) is 2.60. The molecule has 21 heavy (non-hydrogen) atoms. The molecule has 2 aromatic rings. The van der Waals surface area contributed by atoms with Crippen LogP contribution in [0.1, 0.15) is 37.9 Å². The molecule has 0 saturated heterocycles. The number of aromatic nitrogens is 2. The zero-order valence-electron chi connectivity index (χ0n) is 12.1. The van der Waals surface area contributed by atoms with Gasteiger partial charge in [0.25, 0.3) is 0 Å². The Hall–Kier alpha value is -1.84. The zero-order valence-corrected chi connectivity index (χ0v) is 12.1. The van der Waals surface area contributed by atoms with E-state index in [0.717, 1.165) is 28.7 Å². The van der Waals surface area contributed by atoms with Gasteiger partial charge in [-0.2, -0.15) is 0 Å². The van der Waals surface area contributed by atoms with Gasteiger partial charge in [-0.3, -0.25) is 4.79 Å². The largest absolute Gasteiger partial charge is 0.353 e. The van der Waals surface area contributed by atoms with Gasteiger partial charge in [0.1, 0.15) is 5.82 Å². The summed E-state index contributed by atoms with van der Waals surface area (Å²) in [5.41, 5.74) is 2.02. The molecule has 4 rings (SSSR count). The Morgan fingerprint density at radius 3 is 2.62 bits per heavy atom. The Bertz CT molecular complexity index is 610. The highest BCUT2D eigenvalue weighted by molar-refractivity contribution is 5.77. The van der Waals surface area contributed by atoms with Gasteiger partial charge in [0.15, 0.2) is 0 Å². The number of nitrogens with zero attached hydrogens (tertiary/aromatic N) is 1. The number of fused-ring (bicyclic) bond motifs is 1. The number of benzene rings is 1. The Morgan fingerprint density at radius 2 is 1.95 bits per heavy atom. The maximum absolute atomic E-state index is 12.2. The summed E-state index contributed by atoms with van der Waals surface area (Å²) in [7, 11) is 0. The van der Waals surface area contributed by atoms with E-state index in [4.69, 9.17) is 0 Å². The number of carbonyl (C=O) groups is 1. The Kier molecular flexibility index (Phi) is 3.17. The number of aromatic amines is 1. The van der Waals surface area contributed by atoms with Crippen molar-refractivity contribution in [2.24, 2.45) is 11.8 Å². The van der Waals surface area contributed by atoms with E-state index in [9.17, 15) is 4.79 Å². The number of rotatable bonds is 6. The molecule has 2 aliphatic rings. The lowest BCUT2D eigenvalue weighted by atomic mass is 10.1. The van der Waals surface area contributed by atoms with Crippen molar-refractivity contribution in [1.82, 2.24) is 15.3 Å². The van der Waals surface area contributed by atoms with Crippen molar-refractivity contribution in [3.63, 3.8) is 0 Å². The molecule has 0 atom stereocenters. The third-order valence-corrected chi connectivity index (χ3v) is 4.61. The normalized spacial score (nSPS) is 18.3. The van der Waals surface area contributed by atoms with Crippen LogP contribution >= 0.6 is 0 Å². The fourth-order valence-electron chi connectivity index (χ4n) is 3.15. The van der Waals surface area contributed by atoms with E-state index in [1.165, 1.54) is 25.7 Å². The topological polar surface area (TPSA) is 57.8 Å².